The molecule has 7 heteroatoms. The minimum absolute atomic E-state index is 0.178. The summed E-state index contributed by atoms with van der Waals surface area (Å²) in [7, 11) is 0. The van der Waals surface area contributed by atoms with E-state index in [-0.39, 0.29) is 10.6 Å². The van der Waals surface area contributed by atoms with Gasteiger partial charge in [0.15, 0.2) is 6.33 Å². The van der Waals surface area contributed by atoms with Gasteiger partial charge in [0, 0.05) is 0 Å². The number of hydrogen-bond donors (Lipinski definition) is 1. The zero-order valence-corrected chi connectivity index (χ0v) is 8.64. The van der Waals surface area contributed by atoms with Crippen LogP contribution in [0.3, 0.4) is 0 Å². The van der Waals surface area contributed by atoms with Crippen molar-refractivity contribution in [3.05, 3.63) is 51.7 Å². The normalized spacial score (nSPS) is 10.1. The molecule has 2 aromatic rings. The van der Waals surface area contributed by atoms with E-state index < -0.39 is 11.7 Å². The average Bonchev–Trinajstić information content (AvgIpc) is 2.65. The first-order valence-corrected chi connectivity index (χ1v) is 4.65. The van der Waals surface area contributed by atoms with Crippen molar-refractivity contribution < 1.29 is 9.63 Å². The summed E-state index contributed by atoms with van der Waals surface area (Å²) in [4.78, 5) is 27.3. The minimum Gasteiger partial charge on any atom is -0.325 e. The van der Waals surface area contributed by atoms with Gasteiger partial charge in [-0.25, -0.2) is 14.7 Å². The van der Waals surface area contributed by atoms with Crippen LogP contribution in [0.2, 0.25) is 5.02 Å². The van der Waals surface area contributed by atoms with Crippen LogP contribution in [0.1, 0.15) is 10.4 Å². The third-order valence-corrected chi connectivity index (χ3v) is 2.13. The van der Waals surface area contributed by atoms with Gasteiger partial charge in [-0.1, -0.05) is 23.7 Å². The number of nitrogens with one attached hydrogen (secondary N) is 1. The van der Waals surface area contributed by atoms with Crippen LogP contribution in [0, 0.1) is 0 Å². The van der Waals surface area contributed by atoms with Crippen LogP contribution < -0.4 is 10.5 Å². The fourth-order valence-corrected chi connectivity index (χ4v) is 1.28. The number of halogens is 1. The number of aromatic nitrogens is 3. The second-order valence-electron chi connectivity index (χ2n) is 2.85. The summed E-state index contributed by atoms with van der Waals surface area (Å²) in [6.07, 6.45) is 1.05. The van der Waals surface area contributed by atoms with Gasteiger partial charge in [-0.3, -0.25) is 0 Å². The summed E-state index contributed by atoms with van der Waals surface area (Å²) in [5.74, 6) is -0.728. The molecule has 0 unspecified atom stereocenters. The Balaban J connectivity index is 2.25. The third-order valence-electron chi connectivity index (χ3n) is 1.80. The summed E-state index contributed by atoms with van der Waals surface area (Å²) in [6.45, 7) is 0. The first-order chi connectivity index (χ1) is 7.68. The predicted molar refractivity (Wildman–Crippen MR) is 55.2 cm³/mol. The summed E-state index contributed by atoms with van der Waals surface area (Å²) in [5, 5.41) is 5.75. The Morgan fingerprint density at radius 2 is 2.19 bits per heavy atom. The lowest BCUT2D eigenvalue weighted by atomic mass is 10.2. The zero-order valence-electron chi connectivity index (χ0n) is 7.88. The average molecular weight is 240 g/mol. The van der Waals surface area contributed by atoms with Gasteiger partial charge in [0.05, 0.1) is 10.6 Å². The van der Waals surface area contributed by atoms with E-state index in [0.29, 0.717) is 4.73 Å². The van der Waals surface area contributed by atoms with Gasteiger partial charge in [-0.2, -0.15) is 5.10 Å². The highest BCUT2D eigenvalue weighted by molar-refractivity contribution is 6.33. The highest BCUT2D eigenvalue weighted by Crippen LogP contribution is 2.14. The van der Waals surface area contributed by atoms with Crippen molar-refractivity contribution in [1.29, 1.82) is 0 Å². The van der Waals surface area contributed by atoms with Crippen LogP contribution in [-0.2, 0) is 0 Å². The molecule has 0 saturated carbocycles. The fraction of sp³-hybridized carbons (Fsp3) is 0. The van der Waals surface area contributed by atoms with Crippen molar-refractivity contribution in [3.8, 4) is 0 Å². The molecule has 0 atom stereocenters. The van der Waals surface area contributed by atoms with Crippen LogP contribution in [-0.4, -0.2) is 20.9 Å². The summed E-state index contributed by atoms with van der Waals surface area (Å²) >= 11 is 5.79. The molecule has 82 valence electrons. The Hall–Kier alpha value is -2.08. The maximum Gasteiger partial charge on any atom is 0.376 e. The molecule has 16 heavy (non-hydrogen) atoms. The van der Waals surface area contributed by atoms with Gasteiger partial charge in [-0.15, -0.1) is 4.73 Å². The Kier molecular flexibility index (Phi) is 2.74. The lowest BCUT2D eigenvalue weighted by Gasteiger charge is -2.03. The van der Waals surface area contributed by atoms with Crippen LogP contribution >= 0.6 is 11.6 Å². The number of hydrogen-bond acceptors (Lipinski definition) is 4. The SMILES string of the molecule is O=C(On1cn[nH]c1=O)c1ccccc1Cl. The van der Waals surface area contributed by atoms with Gasteiger partial charge in [0.2, 0.25) is 0 Å². The molecule has 0 aliphatic carbocycles. The largest absolute Gasteiger partial charge is 0.376 e. The van der Waals surface area contributed by atoms with E-state index in [4.69, 9.17) is 16.4 Å². The summed E-state index contributed by atoms with van der Waals surface area (Å²) in [5.41, 5.74) is -0.460. The molecule has 0 radical (unpaired) electrons. The number of carbonyl (C=O) groups is 1. The standard InChI is InChI=1S/C9H6ClN3O3/c10-7-4-2-1-3-6(7)8(14)16-13-5-11-12-9(13)15/h1-5H,(H,12,15). The molecule has 0 aliphatic rings. The molecule has 0 aliphatic heterocycles. The van der Waals surface area contributed by atoms with Crippen molar-refractivity contribution in [2.24, 2.45) is 0 Å². The molecule has 1 aromatic carbocycles. The Labute approximate surface area is 94.4 Å². The summed E-state index contributed by atoms with van der Waals surface area (Å²) < 4.78 is 0.686. The first-order valence-electron chi connectivity index (χ1n) is 4.27. The number of rotatable bonds is 2. The number of aromatic amines is 1. The maximum absolute atomic E-state index is 11.6. The number of carbonyl (C=O) groups excluding carboxylic acids is 1. The quantitative estimate of drug-likeness (QED) is 0.828. The topological polar surface area (TPSA) is 77.0 Å². The first kappa shape index (κ1) is 10.4. The van der Waals surface area contributed by atoms with E-state index in [1.54, 1.807) is 18.2 Å². The lowest BCUT2D eigenvalue weighted by molar-refractivity contribution is 0.0443. The fourth-order valence-electron chi connectivity index (χ4n) is 1.07. The molecule has 1 N–H and O–H groups in total. The van der Waals surface area contributed by atoms with Crippen molar-refractivity contribution in [3.63, 3.8) is 0 Å². The van der Waals surface area contributed by atoms with Crippen molar-refractivity contribution in [2.45, 2.75) is 0 Å². The molecule has 1 aromatic heterocycles. The lowest BCUT2D eigenvalue weighted by Crippen LogP contribution is -2.28. The number of nitrogens with zero attached hydrogens (tertiary/aromatic N) is 2. The van der Waals surface area contributed by atoms with Gasteiger partial charge < -0.3 is 4.84 Å². The van der Waals surface area contributed by atoms with Gasteiger partial charge in [0.25, 0.3) is 0 Å². The molecule has 0 spiro atoms. The Bertz CT molecular complexity index is 575. The molecular weight excluding hydrogens is 234 g/mol. The molecule has 0 amide bonds. The number of H-pyrrole nitrogens is 1. The molecule has 0 fully saturated rings. The van der Waals surface area contributed by atoms with E-state index in [1.807, 2.05) is 0 Å². The molecule has 6 nitrogen and oxygen atoms in total. The van der Waals surface area contributed by atoms with E-state index in [9.17, 15) is 9.59 Å². The minimum atomic E-state index is -0.728. The van der Waals surface area contributed by atoms with Crippen LogP contribution in [0.5, 0.6) is 0 Å². The highest BCUT2D eigenvalue weighted by atomic mass is 35.5. The second-order valence-corrected chi connectivity index (χ2v) is 3.25. The maximum atomic E-state index is 11.6. The molecule has 0 saturated heterocycles. The predicted octanol–water partition coefficient (Wildman–Crippen LogP) is 0.494. The van der Waals surface area contributed by atoms with Crippen LogP contribution in [0.15, 0.2) is 35.4 Å². The van der Waals surface area contributed by atoms with Crippen LogP contribution in [0.4, 0.5) is 0 Å². The van der Waals surface area contributed by atoms with Crippen molar-refractivity contribution in [1.82, 2.24) is 14.9 Å². The van der Waals surface area contributed by atoms with E-state index in [2.05, 4.69) is 10.2 Å². The number of benzene rings is 1. The third kappa shape index (κ3) is 1.96. The van der Waals surface area contributed by atoms with E-state index in [0.717, 1.165) is 6.33 Å². The Morgan fingerprint density at radius 3 is 2.81 bits per heavy atom. The second kappa shape index (κ2) is 4.19. The van der Waals surface area contributed by atoms with Crippen molar-refractivity contribution in [2.75, 3.05) is 0 Å². The molecular formula is C9H6ClN3O3. The smallest absolute Gasteiger partial charge is 0.325 e. The van der Waals surface area contributed by atoms with Crippen LogP contribution in [0.25, 0.3) is 0 Å². The van der Waals surface area contributed by atoms with Crippen molar-refractivity contribution >= 4 is 17.6 Å². The van der Waals surface area contributed by atoms with Gasteiger partial charge in [-0.05, 0) is 12.1 Å². The highest BCUT2D eigenvalue weighted by Gasteiger charge is 2.13. The Morgan fingerprint density at radius 1 is 1.44 bits per heavy atom. The van der Waals surface area contributed by atoms with Gasteiger partial charge in [0.1, 0.15) is 0 Å². The molecule has 0 bridgehead atoms. The van der Waals surface area contributed by atoms with E-state index in [1.165, 1.54) is 6.07 Å². The summed E-state index contributed by atoms with van der Waals surface area (Å²) in [6, 6.07) is 6.37. The van der Waals surface area contributed by atoms with Gasteiger partial charge >= 0.3 is 11.7 Å². The molecule has 1 heterocycles. The molecule has 2 rings (SSSR count). The monoisotopic (exact) mass is 239 g/mol. The van der Waals surface area contributed by atoms with E-state index >= 15 is 0 Å². The zero-order chi connectivity index (χ0) is 11.5.